The number of rotatable bonds is 4. The van der Waals surface area contributed by atoms with E-state index in [-0.39, 0.29) is 5.91 Å². The summed E-state index contributed by atoms with van der Waals surface area (Å²) in [5.41, 5.74) is 2.61. The Balaban J connectivity index is 1.66. The van der Waals surface area contributed by atoms with E-state index in [1.807, 2.05) is 50.4 Å². The maximum atomic E-state index is 12.1. The van der Waals surface area contributed by atoms with Crippen LogP contribution in [0.25, 0.3) is 11.5 Å². The predicted octanol–water partition coefficient (Wildman–Crippen LogP) is 2.92. The van der Waals surface area contributed by atoms with Crippen molar-refractivity contribution in [1.82, 2.24) is 15.1 Å². The van der Waals surface area contributed by atoms with Gasteiger partial charge in [0.15, 0.2) is 5.76 Å². The van der Waals surface area contributed by atoms with Gasteiger partial charge in [0.2, 0.25) is 0 Å². The molecule has 2 heterocycles. The number of hydrogen-bond acceptors (Lipinski definition) is 3. The second-order valence-electron chi connectivity index (χ2n) is 5.16. The molecule has 5 nitrogen and oxygen atoms in total. The van der Waals surface area contributed by atoms with E-state index >= 15 is 0 Å². The van der Waals surface area contributed by atoms with E-state index < -0.39 is 0 Å². The maximum Gasteiger partial charge on any atom is 0.251 e. The van der Waals surface area contributed by atoms with Crippen LogP contribution in [0.5, 0.6) is 0 Å². The highest BCUT2D eigenvalue weighted by Crippen LogP contribution is 2.21. The molecule has 0 saturated carbocycles. The monoisotopic (exact) mass is 295 g/mol. The lowest BCUT2D eigenvalue weighted by molar-refractivity contribution is 0.0948. The van der Waals surface area contributed by atoms with Crippen molar-refractivity contribution in [3.63, 3.8) is 0 Å². The second-order valence-corrected chi connectivity index (χ2v) is 5.16. The van der Waals surface area contributed by atoms with Crippen LogP contribution in [0.1, 0.15) is 21.7 Å². The molecule has 0 saturated heterocycles. The molecule has 0 bridgehead atoms. The van der Waals surface area contributed by atoms with Crippen LogP contribution in [0.4, 0.5) is 0 Å². The minimum Gasteiger partial charge on any atom is -0.458 e. The van der Waals surface area contributed by atoms with Gasteiger partial charge in [-0.1, -0.05) is 17.7 Å². The Labute approximate surface area is 128 Å². The molecule has 0 spiro atoms. The number of carbonyl (C=O) groups excluding carboxylic acids is 1. The molecule has 3 aromatic rings. The summed E-state index contributed by atoms with van der Waals surface area (Å²) in [6.07, 6.45) is 1.72. The van der Waals surface area contributed by atoms with Crippen LogP contribution < -0.4 is 5.32 Å². The van der Waals surface area contributed by atoms with E-state index in [0.29, 0.717) is 17.9 Å². The first kappa shape index (κ1) is 14.1. The maximum absolute atomic E-state index is 12.1. The Morgan fingerprint density at radius 2 is 2.14 bits per heavy atom. The molecule has 0 unspecified atom stereocenters. The van der Waals surface area contributed by atoms with Crippen molar-refractivity contribution in [2.24, 2.45) is 7.05 Å². The smallest absolute Gasteiger partial charge is 0.251 e. The molecule has 2 aromatic heterocycles. The zero-order chi connectivity index (χ0) is 15.5. The Morgan fingerprint density at radius 3 is 2.86 bits per heavy atom. The topological polar surface area (TPSA) is 60.1 Å². The number of aryl methyl sites for hydroxylation is 2. The van der Waals surface area contributed by atoms with Gasteiger partial charge in [-0.2, -0.15) is 5.10 Å². The molecule has 0 aliphatic carbocycles. The van der Waals surface area contributed by atoms with Crippen LogP contribution in [0, 0.1) is 6.92 Å². The third kappa shape index (κ3) is 2.93. The first-order valence-corrected chi connectivity index (χ1v) is 7.05. The molecule has 5 heteroatoms. The number of furan rings is 1. The van der Waals surface area contributed by atoms with Crippen LogP contribution >= 0.6 is 0 Å². The molecular weight excluding hydrogens is 278 g/mol. The summed E-state index contributed by atoms with van der Waals surface area (Å²) in [5, 5.41) is 6.97. The fourth-order valence-corrected chi connectivity index (χ4v) is 2.28. The van der Waals surface area contributed by atoms with Crippen LogP contribution in [0.15, 0.2) is 53.1 Å². The molecule has 0 atom stereocenters. The fraction of sp³-hybridized carbons (Fsp3) is 0.176. The fourth-order valence-electron chi connectivity index (χ4n) is 2.28. The number of amides is 1. The largest absolute Gasteiger partial charge is 0.458 e. The standard InChI is InChI=1S/C17H17N3O2/c1-12-4-3-5-13(10-12)17(21)18-11-14-6-7-16(22-14)15-8-9-19-20(15)2/h3-10H,11H2,1-2H3,(H,18,21). The normalized spacial score (nSPS) is 10.6. The highest BCUT2D eigenvalue weighted by atomic mass is 16.3. The van der Waals surface area contributed by atoms with Gasteiger partial charge in [0.1, 0.15) is 11.5 Å². The molecule has 1 N–H and O–H groups in total. The van der Waals surface area contributed by atoms with E-state index in [9.17, 15) is 4.79 Å². The second kappa shape index (κ2) is 5.89. The lowest BCUT2D eigenvalue weighted by Gasteiger charge is -2.04. The van der Waals surface area contributed by atoms with Crippen molar-refractivity contribution >= 4 is 5.91 Å². The van der Waals surface area contributed by atoms with Gasteiger partial charge in [-0.3, -0.25) is 9.48 Å². The van der Waals surface area contributed by atoms with Crippen LogP contribution in [-0.2, 0) is 13.6 Å². The Kier molecular flexibility index (Phi) is 3.78. The summed E-state index contributed by atoms with van der Waals surface area (Å²) < 4.78 is 7.49. The van der Waals surface area contributed by atoms with Crippen molar-refractivity contribution in [2.75, 3.05) is 0 Å². The zero-order valence-corrected chi connectivity index (χ0v) is 12.5. The number of aromatic nitrogens is 2. The molecule has 0 aliphatic rings. The van der Waals surface area contributed by atoms with Crippen molar-refractivity contribution < 1.29 is 9.21 Å². The van der Waals surface area contributed by atoms with E-state index in [4.69, 9.17) is 4.42 Å². The van der Waals surface area contributed by atoms with Crippen LogP contribution in [0.3, 0.4) is 0 Å². The summed E-state index contributed by atoms with van der Waals surface area (Å²) in [6.45, 7) is 2.31. The first-order chi connectivity index (χ1) is 10.6. The van der Waals surface area contributed by atoms with Gasteiger partial charge in [-0.25, -0.2) is 0 Å². The average molecular weight is 295 g/mol. The number of carbonyl (C=O) groups is 1. The zero-order valence-electron chi connectivity index (χ0n) is 12.5. The first-order valence-electron chi connectivity index (χ1n) is 7.05. The number of hydrogen-bond donors (Lipinski definition) is 1. The molecule has 1 aromatic carbocycles. The van der Waals surface area contributed by atoms with Crippen LogP contribution in [-0.4, -0.2) is 15.7 Å². The average Bonchev–Trinajstić information content (AvgIpc) is 3.13. The van der Waals surface area contributed by atoms with Gasteiger partial charge in [-0.05, 0) is 37.3 Å². The lowest BCUT2D eigenvalue weighted by Crippen LogP contribution is -2.22. The number of nitrogens with one attached hydrogen (secondary N) is 1. The minimum atomic E-state index is -0.109. The van der Waals surface area contributed by atoms with Gasteiger partial charge in [-0.15, -0.1) is 0 Å². The lowest BCUT2D eigenvalue weighted by atomic mass is 10.1. The highest BCUT2D eigenvalue weighted by Gasteiger charge is 2.10. The Morgan fingerprint density at radius 1 is 1.27 bits per heavy atom. The van der Waals surface area contributed by atoms with Crippen molar-refractivity contribution in [1.29, 1.82) is 0 Å². The Hall–Kier alpha value is -2.82. The molecule has 1 amide bonds. The predicted molar refractivity (Wildman–Crippen MR) is 83.3 cm³/mol. The minimum absolute atomic E-state index is 0.109. The third-order valence-electron chi connectivity index (χ3n) is 3.44. The molecule has 0 fully saturated rings. The van der Waals surface area contributed by atoms with E-state index in [0.717, 1.165) is 17.0 Å². The van der Waals surface area contributed by atoms with Gasteiger partial charge in [0.05, 0.1) is 6.54 Å². The Bertz CT molecular complexity index is 802. The van der Waals surface area contributed by atoms with Gasteiger partial charge >= 0.3 is 0 Å². The van der Waals surface area contributed by atoms with Gasteiger partial charge in [0, 0.05) is 18.8 Å². The van der Waals surface area contributed by atoms with Crippen molar-refractivity contribution in [3.05, 3.63) is 65.5 Å². The summed E-state index contributed by atoms with van der Waals surface area (Å²) in [6, 6.07) is 13.1. The number of nitrogens with zero attached hydrogens (tertiary/aromatic N) is 2. The summed E-state index contributed by atoms with van der Waals surface area (Å²) in [7, 11) is 1.86. The summed E-state index contributed by atoms with van der Waals surface area (Å²) in [5.74, 6) is 1.33. The van der Waals surface area contributed by atoms with Crippen LogP contribution in [0.2, 0.25) is 0 Å². The van der Waals surface area contributed by atoms with Crippen molar-refractivity contribution in [3.8, 4) is 11.5 Å². The molecule has 112 valence electrons. The highest BCUT2D eigenvalue weighted by molar-refractivity contribution is 5.94. The molecule has 3 rings (SSSR count). The summed E-state index contributed by atoms with van der Waals surface area (Å²) >= 11 is 0. The van der Waals surface area contributed by atoms with E-state index in [2.05, 4.69) is 10.4 Å². The molecule has 0 aliphatic heterocycles. The third-order valence-corrected chi connectivity index (χ3v) is 3.44. The van der Waals surface area contributed by atoms with Crippen molar-refractivity contribution in [2.45, 2.75) is 13.5 Å². The van der Waals surface area contributed by atoms with Gasteiger partial charge in [0.25, 0.3) is 5.91 Å². The van der Waals surface area contributed by atoms with E-state index in [1.165, 1.54) is 0 Å². The molecule has 22 heavy (non-hydrogen) atoms. The molecular formula is C17H17N3O2. The molecule has 0 radical (unpaired) electrons. The van der Waals surface area contributed by atoms with E-state index in [1.54, 1.807) is 16.9 Å². The number of benzene rings is 1. The quantitative estimate of drug-likeness (QED) is 0.805. The SMILES string of the molecule is Cc1cccc(C(=O)NCc2ccc(-c3ccnn3C)o2)c1. The van der Waals surface area contributed by atoms with Gasteiger partial charge < -0.3 is 9.73 Å². The summed E-state index contributed by atoms with van der Waals surface area (Å²) in [4.78, 5) is 12.1.